The number of rotatable bonds is 4. The number of amides is 2. The number of ether oxygens (including phenoxy) is 2. The first kappa shape index (κ1) is 26.7. The third-order valence-electron chi connectivity index (χ3n) is 9.37. The highest BCUT2D eigenvalue weighted by Gasteiger charge is 2.48. The molecule has 0 radical (unpaired) electrons. The van der Waals surface area contributed by atoms with E-state index < -0.39 is 35.5 Å². The van der Waals surface area contributed by atoms with E-state index in [1.807, 2.05) is 0 Å². The van der Waals surface area contributed by atoms with E-state index in [4.69, 9.17) is 9.47 Å². The van der Waals surface area contributed by atoms with Crippen LogP contribution < -0.4 is 20.3 Å². The molecular weight excluding hydrogens is 566 g/mol. The zero-order valence-electron chi connectivity index (χ0n) is 23.2. The normalized spacial score (nSPS) is 25.2. The van der Waals surface area contributed by atoms with E-state index in [0.717, 1.165) is 0 Å². The van der Waals surface area contributed by atoms with Gasteiger partial charge in [0.1, 0.15) is 22.5 Å². The van der Waals surface area contributed by atoms with Gasteiger partial charge in [-0.3, -0.25) is 9.69 Å². The van der Waals surface area contributed by atoms with Crippen LogP contribution in [0.5, 0.6) is 5.88 Å². The van der Waals surface area contributed by atoms with E-state index in [1.165, 1.54) is 11.1 Å². The second-order valence-corrected chi connectivity index (χ2v) is 12.1. The molecular formula is C28H30F2N8O5. The number of nitrogens with one attached hydrogen (secondary N) is 3. The van der Waals surface area contributed by atoms with Gasteiger partial charge in [-0.15, -0.1) is 0 Å². The number of halogens is 2. The number of hydrogen-bond donors (Lipinski definition) is 4. The number of aromatic amines is 1. The summed E-state index contributed by atoms with van der Waals surface area (Å²) in [5.74, 6) is -0.260. The molecule has 0 saturated carbocycles. The average Bonchev–Trinajstić information content (AvgIpc) is 3.78. The highest BCUT2D eigenvalue weighted by molar-refractivity contribution is 5.95. The Kier molecular flexibility index (Phi) is 6.07. The summed E-state index contributed by atoms with van der Waals surface area (Å²) in [6.07, 6.45) is 2.86. The molecule has 2 unspecified atom stereocenters. The number of hydrogen-bond acceptors (Lipinski definition) is 10. The lowest BCUT2D eigenvalue weighted by atomic mass is 9.90. The van der Waals surface area contributed by atoms with Gasteiger partial charge >= 0.3 is 6.09 Å². The predicted octanol–water partition coefficient (Wildman–Crippen LogP) is 1.56. The summed E-state index contributed by atoms with van der Waals surface area (Å²) in [7, 11) is 0. The lowest BCUT2D eigenvalue weighted by molar-refractivity contribution is -0.118. The fourth-order valence-electron chi connectivity index (χ4n) is 7.14. The van der Waals surface area contributed by atoms with Crippen LogP contribution in [0, 0.1) is 17.6 Å². The molecule has 13 nitrogen and oxygen atoms in total. The standard InChI is InChI=1S/C28H30F2N8O5/c29-19-14-7-13(8-15(14)20(30)23-22(19)35-24(36-23)21-16(39)1-4-31-21)10-37-5-2-28(3-6-37)12-38(27(41)43-28)17-9-32-26-25(33-17)34-18(40)11-42-26/h9,13,16,21,31,39H,1-8,10-12H2,(H,35,36)(H,33,34,40)/t16?,21-/m0/s1. The van der Waals surface area contributed by atoms with Gasteiger partial charge in [-0.05, 0) is 42.9 Å². The number of H-pyrrole nitrogens is 1. The lowest BCUT2D eigenvalue weighted by Gasteiger charge is -2.38. The van der Waals surface area contributed by atoms with Crippen molar-refractivity contribution in [2.75, 3.05) is 49.5 Å². The van der Waals surface area contributed by atoms with Crippen LogP contribution in [0.3, 0.4) is 0 Å². The molecule has 5 aliphatic rings. The number of likely N-dealkylation sites (tertiary alicyclic amines) is 1. The number of aromatic nitrogens is 4. The summed E-state index contributed by atoms with van der Waals surface area (Å²) in [6, 6.07) is -0.467. The van der Waals surface area contributed by atoms with E-state index in [-0.39, 0.29) is 47.0 Å². The lowest BCUT2D eigenvalue weighted by Crippen LogP contribution is -2.48. The van der Waals surface area contributed by atoms with Gasteiger partial charge in [-0.2, -0.15) is 0 Å². The third-order valence-corrected chi connectivity index (χ3v) is 9.37. The fourth-order valence-corrected chi connectivity index (χ4v) is 7.14. The monoisotopic (exact) mass is 596 g/mol. The Balaban J connectivity index is 0.919. The Labute approximate surface area is 244 Å². The number of carbonyl (C=O) groups excluding carboxylic acids is 2. The molecule has 3 saturated heterocycles. The van der Waals surface area contributed by atoms with E-state index >= 15 is 8.78 Å². The highest BCUT2D eigenvalue weighted by atomic mass is 19.1. The summed E-state index contributed by atoms with van der Waals surface area (Å²) in [4.78, 5) is 44.0. The first-order valence-electron chi connectivity index (χ1n) is 14.6. The molecule has 15 heteroatoms. The van der Waals surface area contributed by atoms with Gasteiger partial charge in [0.2, 0.25) is 0 Å². The molecule has 1 aromatic carbocycles. The smallest absolute Gasteiger partial charge is 0.416 e. The summed E-state index contributed by atoms with van der Waals surface area (Å²) < 4.78 is 42.3. The summed E-state index contributed by atoms with van der Waals surface area (Å²) in [5, 5.41) is 15.9. The molecule has 0 bridgehead atoms. The Morgan fingerprint density at radius 3 is 2.67 bits per heavy atom. The van der Waals surface area contributed by atoms with Crippen molar-refractivity contribution in [2.24, 2.45) is 5.92 Å². The molecule has 3 fully saturated rings. The molecule has 4 aliphatic heterocycles. The first-order valence-corrected chi connectivity index (χ1v) is 14.6. The number of aliphatic hydroxyl groups excluding tert-OH is 1. The fraction of sp³-hybridized carbons (Fsp3) is 0.536. The van der Waals surface area contributed by atoms with Crippen LogP contribution in [0.2, 0.25) is 0 Å². The van der Waals surface area contributed by atoms with Crippen molar-refractivity contribution in [2.45, 2.75) is 49.9 Å². The van der Waals surface area contributed by atoms with Crippen LogP contribution in [0.4, 0.5) is 25.2 Å². The zero-order chi connectivity index (χ0) is 29.5. The molecule has 8 rings (SSSR count). The number of piperidine rings is 1. The number of nitrogens with zero attached hydrogens (tertiary/aromatic N) is 5. The highest BCUT2D eigenvalue weighted by Crippen LogP contribution is 2.39. The molecule has 43 heavy (non-hydrogen) atoms. The van der Waals surface area contributed by atoms with Crippen LogP contribution in [0.1, 0.15) is 42.3 Å². The Morgan fingerprint density at radius 1 is 1.12 bits per heavy atom. The van der Waals surface area contributed by atoms with Gasteiger partial charge in [0.25, 0.3) is 11.8 Å². The second kappa shape index (κ2) is 9.79. The van der Waals surface area contributed by atoms with Crippen molar-refractivity contribution in [3.05, 3.63) is 34.8 Å². The largest absolute Gasteiger partial charge is 0.465 e. The minimum absolute atomic E-state index is 0.0150. The van der Waals surface area contributed by atoms with Gasteiger partial charge in [-0.1, -0.05) is 0 Å². The van der Waals surface area contributed by atoms with Crippen LogP contribution in [-0.4, -0.2) is 93.0 Å². The van der Waals surface area contributed by atoms with Gasteiger partial charge in [0, 0.05) is 32.5 Å². The molecule has 6 heterocycles. The quantitative estimate of drug-likeness (QED) is 0.348. The number of benzene rings is 1. The van der Waals surface area contributed by atoms with E-state index in [0.29, 0.717) is 81.8 Å². The van der Waals surface area contributed by atoms with Crippen molar-refractivity contribution in [1.82, 2.24) is 30.2 Å². The molecule has 3 aromatic rings. The van der Waals surface area contributed by atoms with Crippen molar-refractivity contribution in [3.8, 4) is 5.88 Å². The third kappa shape index (κ3) is 4.40. The number of imidazole rings is 1. The SMILES string of the molecule is O=C1COc2ncc(N3CC4(CCN(CC5Cc6c(c(F)c7[nH]c([C@H]8NCCC8O)nc7c6F)C5)CC4)OC3=O)nc2N1. The maximum atomic E-state index is 15.6. The summed E-state index contributed by atoms with van der Waals surface area (Å²) in [5.41, 5.74) is 0.144. The predicted molar refractivity (Wildman–Crippen MR) is 147 cm³/mol. The molecule has 4 N–H and O–H groups in total. The molecule has 226 valence electrons. The van der Waals surface area contributed by atoms with Crippen molar-refractivity contribution >= 4 is 34.7 Å². The van der Waals surface area contributed by atoms with E-state index in [1.54, 1.807) is 0 Å². The van der Waals surface area contributed by atoms with Gasteiger partial charge in [0.05, 0.1) is 24.9 Å². The Morgan fingerprint density at radius 2 is 1.91 bits per heavy atom. The van der Waals surface area contributed by atoms with E-state index in [9.17, 15) is 14.7 Å². The Hall–Kier alpha value is -3.95. The molecule has 2 amide bonds. The van der Waals surface area contributed by atoms with Crippen molar-refractivity contribution in [1.29, 1.82) is 0 Å². The van der Waals surface area contributed by atoms with Gasteiger partial charge in [-0.25, -0.2) is 28.5 Å². The maximum absolute atomic E-state index is 15.6. The topological polar surface area (TPSA) is 158 Å². The minimum Gasteiger partial charge on any atom is -0.465 e. The molecule has 1 spiro atoms. The van der Waals surface area contributed by atoms with Crippen LogP contribution in [-0.2, 0) is 22.4 Å². The summed E-state index contributed by atoms with van der Waals surface area (Å²) >= 11 is 0. The number of fused-ring (bicyclic) bond motifs is 3. The number of carbonyl (C=O) groups is 2. The second-order valence-electron chi connectivity index (χ2n) is 12.1. The first-order chi connectivity index (χ1) is 20.8. The van der Waals surface area contributed by atoms with Crippen molar-refractivity contribution in [3.63, 3.8) is 0 Å². The zero-order valence-corrected chi connectivity index (χ0v) is 23.2. The van der Waals surface area contributed by atoms with Crippen molar-refractivity contribution < 1.29 is 33.0 Å². The Bertz CT molecular complexity index is 1610. The summed E-state index contributed by atoms with van der Waals surface area (Å²) in [6.45, 7) is 2.79. The van der Waals surface area contributed by atoms with E-state index in [2.05, 4.69) is 35.5 Å². The molecule has 1 aliphatic carbocycles. The van der Waals surface area contributed by atoms with Gasteiger partial charge < -0.3 is 35.1 Å². The minimum atomic E-state index is -0.675. The molecule has 3 atom stereocenters. The van der Waals surface area contributed by atoms with Crippen LogP contribution in [0.15, 0.2) is 6.20 Å². The van der Waals surface area contributed by atoms with Crippen LogP contribution in [0.25, 0.3) is 11.0 Å². The number of aliphatic hydroxyl groups is 1. The average molecular weight is 597 g/mol. The number of anilines is 2. The molecule has 2 aromatic heterocycles. The maximum Gasteiger partial charge on any atom is 0.416 e. The van der Waals surface area contributed by atoms with Crippen LogP contribution >= 0.6 is 0 Å². The van der Waals surface area contributed by atoms with Gasteiger partial charge in [0.15, 0.2) is 29.9 Å².